The van der Waals surface area contributed by atoms with Gasteiger partial charge in [0.25, 0.3) is 0 Å². The van der Waals surface area contributed by atoms with E-state index in [0.717, 1.165) is 0 Å². The summed E-state index contributed by atoms with van der Waals surface area (Å²) in [4.78, 5) is 6.14. The molecule has 2 nitrogen and oxygen atoms in total. The van der Waals surface area contributed by atoms with Crippen LogP contribution in [0, 0.1) is 12.8 Å². The van der Waals surface area contributed by atoms with E-state index < -0.39 is 0 Å². The summed E-state index contributed by atoms with van der Waals surface area (Å²) in [5.74, 6) is 0.706. The van der Waals surface area contributed by atoms with Crippen LogP contribution in [0.2, 0.25) is 0 Å². The highest BCUT2D eigenvalue weighted by molar-refractivity contribution is 7.12. The number of nitrogens with one attached hydrogen (secondary N) is 1. The van der Waals surface area contributed by atoms with Crippen LogP contribution >= 0.6 is 11.3 Å². The number of aryl methyl sites for hydroxylation is 1. The molecule has 1 aromatic rings. The van der Waals surface area contributed by atoms with Gasteiger partial charge in [-0.1, -0.05) is 41.0 Å². The van der Waals surface area contributed by atoms with E-state index in [0.29, 0.717) is 18.0 Å². The molecule has 0 fully saturated rings. The zero-order chi connectivity index (χ0) is 14.8. The Morgan fingerprint density at radius 3 is 2.21 bits per heavy atom. The summed E-state index contributed by atoms with van der Waals surface area (Å²) in [5.41, 5.74) is 1.33. The quantitative estimate of drug-likeness (QED) is 0.836. The van der Waals surface area contributed by atoms with Crippen molar-refractivity contribution in [3.63, 3.8) is 0 Å². The van der Waals surface area contributed by atoms with Crippen molar-refractivity contribution in [1.82, 2.24) is 10.3 Å². The molecule has 0 saturated heterocycles. The van der Waals surface area contributed by atoms with Crippen molar-refractivity contribution in [2.75, 3.05) is 0 Å². The summed E-state index contributed by atoms with van der Waals surface area (Å²) in [6, 6.07) is 0.928. The Hall–Kier alpha value is -0.410. The molecule has 1 heterocycles. The van der Waals surface area contributed by atoms with Crippen molar-refractivity contribution < 1.29 is 0 Å². The highest BCUT2D eigenvalue weighted by Crippen LogP contribution is 2.32. The topological polar surface area (TPSA) is 24.9 Å². The van der Waals surface area contributed by atoms with Gasteiger partial charge in [-0.15, -0.1) is 11.3 Å². The van der Waals surface area contributed by atoms with E-state index in [1.165, 1.54) is 22.0 Å². The minimum atomic E-state index is 0.149. The van der Waals surface area contributed by atoms with Crippen molar-refractivity contribution in [2.24, 2.45) is 5.92 Å². The van der Waals surface area contributed by atoms with Crippen molar-refractivity contribution in [2.45, 2.75) is 79.3 Å². The smallest absolute Gasteiger partial charge is 0.0985 e. The van der Waals surface area contributed by atoms with Crippen LogP contribution in [0.4, 0.5) is 0 Å². The molecule has 1 N–H and O–H groups in total. The van der Waals surface area contributed by atoms with Gasteiger partial charge in [0.05, 0.1) is 10.7 Å². The summed E-state index contributed by atoms with van der Waals surface area (Å²) in [5, 5.41) is 4.96. The number of thiazole rings is 1. The van der Waals surface area contributed by atoms with E-state index in [4.69, 9.17) is 4.98 Å². The standard InChI is InChI=1S/C16H30N2S/c1-9-10(2)11(3)17-12(4)14-13(5)18-15(19-14)16(6,7)8/h10-12,17H,9H2,1-8H3. The molecular formula is C16H30N2S. The maximum Gasteiger partial charge on any atom is 0.0985 e. The molecule has 0 spiro atoms. The highest BCUT2D eigenvalue weighted by atomic mass is 32.1. The second-order valence-electron chi connectivity index (χ2n) is 6.78. The summed E-state index contributed by atoms with van der Waals surface area (Å²) in [6.07, 6.45) is 1.22. The Kier molecular flexibility index (Phi) is 5.57. The molecule has 0 aliphatic carbocycles. The maximum atomic E-state index is 4.75. The van der Waals surface area contributed by atoms with Gasteiger partial charge in [0.2, 0.25) is 0 Å². The van der Waals surface area contributed by atoms with Gasteiger partial charge in [-0.2, -0.15) is 0 Å². The van der Waals surface area contributed by atoms with Crippen LogP contribution in [0.1, 0.15) is 76.5 Å². The molecule has 0 aliphatic heterocycles. The van der Waals surface area contributed by atoms with Gasteiger partial charge in [0.1, 0.15) is 0 Å². The van der Waals surface area contributed by atoms with Crippen molar-refractivity contribution in [3.8, 4) is 0 Å². The number of rotatable bonds is 5. The van der Waals surface area contributed by atoms with Crippen molar-refractivity contribution >= 4 is 11.3 Å². The van der Waals surface area contributed by atoms with Crippen LogP contribution in [-0.2, 0) is 5.41 Å². The lowest BCUT2D eigenvalue weighted by atomic mass is 9.98. The predicted molar refractivity (Wildman–Crippen MR) is 86.0 cm³/mol. The lowest BCUT2D eigenvalue weighted by Crippen LogP contribution is -2.33. The molecule has 0 bridgehead atoms. The zero-order valence-electron chi connectivity index (χ0n) is 13.8. The largest absolute Gasteiger partial charge is 0.307 e. The third-order valence-electron chi connectivity index (χ3n) is 3.88. The Bertz CT molecular complexity index is 403. The monoisotopic (exact) mass is 282 g/mol. The van der Waals surface area contributed by atoms with E-state index in [-0.39, 0.29) is 5.41 Å². The van der Waals surface area contributed by atoms with Gasteiger partial charge >= 0.3 is 0 Å². The molecule has 0 amide bonds. The number of aromatic nitrogens is 1. The average molecular weight is 282 g/mol. The number of hydrogen-bond donors (Lipinski definition) is 1. The predicted octanol–water partition coefficient (Wildman–Crippen LogP) is 4.83. The lowest BCUT2D eigenvalue weighted by Gasteiger charge is -2.24. The van der Waals surface area contributed by atoms with E-state index in [9.17, 15) is 0 Å². The molecule has 19 heavy (non-hydrogen) atoms. The summed E-state index contributed by atoms with van der Waals surface area (Å²) in [6.45, 7) is 17.9. The summed E-state index contributed by atoms with van der Waals surface area (Å²) >= 11 is 1.86. The molecule has 0 aromatic carbocycles. The summed E-state index contributed by atoms with van der Waals surface area (Å²) < 4.78 is 0. The van der Waals surface area contributed by atoms with Gasteiger partial charge in [-0.25, -0.2) is 4.98 Å². The van der Waals surface area contributed by atoms with Crippen molar-refractivity contribution in [3.05, 3.63) is 15.6 Å². The molecule has 3 heteroatoms. The Labute approximate surface area is 123 Å². The fraction of sp³-hybridized carbons (Fsp3) is 0.812. The van der Waals surface area contributed by atoms with E-state index >= 15 is 0 Å². The average Bonchev–Trinajstić information content (AvgIpc) is 2.69. The Morgan fingerprint density at radius 1 is 1.21 bits per heavy atom. The molecule has 0 radical (unpaired) electrons. The van der Waals surface area contributed by atoms with Crippen LogP contribution in [-0.4, -0.2) is 11.0 Å². The number of hydrogen-bond acceptors (Lipinski definition) is 3. The molecule has 1 aromatic heterocycles. The molecule has 0 aliphatic rings. The fourth-order valence-electron chi connectivity index (χ4n) is 2.12. The SMILES string of the molecule is CCC(C)C(C)NC(C)c1sc(C(C)(C)C)nc1C. The van der Waals surface area contributed by atoms with Gasteiger partial charge in [-0.05, 0) is 26.7 Å². The van der Waals surface area contributed by atoms with Gasteiger partial charge in [0.15, 0.2) is 0 Å². The van der Waals surface area contributed by atoms with Gasteiger partial charge < -0.3 is 5.32 Å². The first kappa shape index (κ1) is 16.6. The van der Waals surface area contributed by atoms with E-state index in [2.05, 4.69) is 60.7 Å². The van der Waals surface area contributed by atoms with Gasteiger partial charge in [0, 0.05) is 22.4 Å². The van der Waals surface area contributed by atoms with Crippen LogP contribution < -0.4 is 5.32 Å². The van der Waals surface area contributed by atoms with Crippen LogP contribution in [0.3, 0.4) is 0 Å². The van der Waals surface area contributed by atoms with Gasteiger partial charge in [-0.3, -0.25) is 0 Å². The molecule has 1 rings (SSSR count). The molecular weight excluding hydrogens is 252 g/mol. The second-order valence-corrected chi connectivity index (χ2v) is 7.81. The van der Waals surface area contributed by atoms with Crippen LogP contribution in [0.5, 0.6) is 0 Å². The fourth-order valence-corrected chi connectivity index (χ4v) is 3.25. The first-order chi connectivity index (χ1) is 8.66. The Balaban J connectivity index is 2.83. The molecule has 3 unspecified atom stereocenters. The summed E-state index contributed by atoms with van der Waals surface area (Å²) in [7, 11) is 0. The molecule has 110 valence electrons. The van der Waals surface area contributed by atoms with E-state index in [1.807, 2.05) is 11.3 Å². The van der Waals surface area contributed by atoms with Crippen LogP contribution in [0.15, 0.2) is 0 Å². The van der Waals surface area contributed by atoms with Crippen molar-refractivity contribution in [1.29, 1.82) is 0 Å². The second kappa shape index (κ2) is 6.36. The maximum absolute atomic E-state index is 4.75. The van der Waals surface area contributed by atoms with E-state index in [1.54, 1.807) is 0 Å². The van der Waals surface area contributed by atoms with Crippen LogP contribution in [0.25, 0.3) is 0 Å². The first-order valence-corrected chi connectivity index (χ1v) is 8.22. The lowest BCUT2D eigenvalue weighted by molar-refractivity contribution is 0.361. The Morgan fingerprint density at radius 2 is 1.79 bits per heavy atom. The highest BCUT2D eigenvalue weighted by Gasteiger charge is 2.23. The normalized spacial score (nSPS) is 17.3. The minimum absolute atomic E-state index is 0.149. The third kappa shape index (κ3) is 4.28. The molecule has 0 saturated carbocycles. The first-order valence-electron chi connectivity index (χ1n) is 7.40. The third-order valence-corrected chi connectivity index (χ3v) is 5.64. The zero-order valence-corrected chi connectivity index (χ0v) is 14.6. The molecule has 3 atom stereocenters. The number of nitrogens with zero attached hydrogens (tertiary/aromatic N) is 1. The minimum Gasteiger partial charge on any atom is -0.307 e.